The molecule has 2 aromatic rings. The van der Waals surface area contributed by atoms with E-state index in [0.29, 0.717) is 5.75 Å². The largest absolute Gasteiger partial charge is 0.483 e. The Balaban J connectivity index is 1.92. The lowest BCUT2D eigenvalue weighted by Crippen LogP contribution is -2.20. The number of anilines is 1. The molecule has 0 saturated heterocycles. The molecule has 0 fully saturated rings. The van der Waals surface area contributed by atoms with Gasteiger partial charge in [0.05, 0.1) is 4.47 Å². The third-order valence-corrected chi connectivity index (χ3v) is 3.68. The monoisotopic (exact) mass is 347 g/mol. The first-order chi connectivity index (χ1) is 10.1. The average molecular weight is 348 g/mol. The second-order valence-electron chi connectivity index (χ2n) is 4.82. The van der Waals surface area contributed by atoms with Gasteiger partial charge in [-0.15, -0.1) is 0 Å². The Kier molecular flexibility index (Phi) is 5.39. The molecule has 0 atom stereocenters. The zero-order chi connectivity index (χ0) is 15.2. The number of carbonyl (C=O) groups excluding carboxylic acids is 1. The zero-order valence-electron chi connectivity index (χ0n) is 12.2. The van der Waals surface area contributed by atoms with Crippen LogP contribution in [-0.2, 0) is 11.2 Å². The van der Waals surface area contributed by atoms with Crippen LogP contribution in [0.15, 0.2) is 46.9 Å². The van der Waals surface area contributed by atoms with Crippen LogP contribution in [0.1, 0.15) is 18.1 Å². The normalized spacial score (nSPS) is 10.2. The van der Waals surface area contributed by atoms with E-state index in [2.05, 4.69) is 28.2 Å². The van der Waals surface area contributed by atoms with Crippen LogP contribution in [0.4, 0.5) is 5.69 Å². The second kappa shape index (κ2) is 7.27. The van der Waals surface area contributed by atoms with Gasteiger partial charge in [0.15, 0.2) is 6.61 Å². The van der Waals surface area contributed by atoms with Gasteiger partial charge in [0.1, 0.15) is 5.75 Å². The van der Waals surface area contributed by atoms with Crippen molar-refractivity contribution < 1.29 is 9.53 Å². The van der Waals surface area contributed by atoms with Gasteiger partial charge in [0.2, 0.25) is 0 Å². The Bertz CT molecular complexity index is 640. The van der Waals surface area contributed by atoms with Crippen molar-refractivity contribution in [2.45, 2.75) is 20.3 Å². The quantitative estimate of drug-likeness (QED) is 0.873. The summed E-state index contributed by atoms with van der Waals surface area (Å²) in [4.78, 5) is 11.9. The van der Waals surface area contributed by atoms with Crippen LogP contribution in [0.3, 0.4) is 0 Å². The number of nitrogens with one attached hydrogen (secondary N) is 1. The van der Waals surface area contributed by atoms with E-state index in [1.54, 1.807) is 0 Å². The van der Waals surface area contributed by atoms with Gasteiger partial charge in [-0.05, 0) is 64.7 Å². The van der Waals surface area contributed by atoms with E-state index in [0.717, 1.165) is 22.1 Å². The summed E-state index contributed by atoms with van der Waals surface area (Å²) < 4.78 is 6.41. The average Bonchev–Trinajstić information content (AvgIpc) is 2.46. The third-order valence-electron chi connectivity index (χ3n) is 3.07. The Labute approximate surface area is 133 Å². The topological polar surface area (TPSA) is 38.3 Å². The van der Waals surface area contributed by atoms with Crippen molar-refractivity contribution in [2.75, 3.05) is 11.9 Å². The van der Waals surface area contributed by atoms with Crippen LogP contribution >= 0.6 is 15.9 Å². The van der Waals surface area contributed by atoms with Crippen LogP contribution in [0.5, 0.6) is 5.75 Å². The summed E-state index contributed by atoms with van der Waals surface area (Å²) in [5.74, 6) is 0.499. The lowest BCUT2D eigenvalue weighted by Gasteiger charge is -2.10. The van der Waals surface area contributed by atoms with Gasteiger partial charge in [-0.3, -0.25) is 4.79 Å². The SMILES string of the molecule is CCc1ccc(OCC(=O)Nc2cccc(C)c2)c(Br)c1. The smallest absolute Gasteiger partial charge is 0.262 e. The maximum Gasteiger partial charge on any atom is 0.262 e. The van der Waals surface area contributed by atoms with E-state index in [-0.39, 0.29) is 12.5 Å². The van der Waals surface area contributed by atoms with Crippen molar-refractivity contribution in [3.05, 3.63) is 58.1 Å². The lowest BCUT2D eigenvalue weighted by atomic mass is 10.2. The zero-order valence-corrected chi connectivity index (χ0v) is 13.7. The number of hydrogen-bond donors (Lipinski definition) is 1. The molecule has 2 rings (SSSR count). The first kappa shape index (κ1) is 15.6. The van der Waals surface area contributed by atoms with Gasteiger partial charge in [0, 0.05) is 5.69 Å². The highest BCUT2D eigenvalue weighted by Crippen LogP contribution is 2.26. The van der Waals surface area contributed by atoms with E-state index < -0.39 is 0 Å². The van der Waals surface area contributed by atoms with E-state index in [4.69, 9.17) is 4.74 Å². The number of hydrogen-bond acceptors (Lipinski definition) is 2. The van der Waals surface area contributed by atoms with Crippen molar-refractivity contribution in [2.24, 2.45) is 0 Å². The Morgan fingerprint density at radius 2 is 2.05 bits per heavy atom. The maximum absolute atomic E-state index is 11.9. The van der Waals surface area contributed by atoms with Gasteiger partial charge < -0.3 is 10.1 Å². The summed E-state index contributed by atoms with van der Waals surface area (Å²) in [6.07, 6.45) is 0.965. The molecule has 0 aromatic heterocycles. The van der Waals surface area contributed by atoms with Crippen molar-refractivity contribution >= 4 is 27.5 Å². The molecule has 0 aliphatic rings. The molecule has 0 aliphatic heterocycles. The van der Waals surface area contributed by atoms with Crippen LogP contribution in [-0.4, -0.2) is 12.5 Å². The second-order valence-corrected chi connectivity index (χ2v) is 5.68. The fourth-order valence-electron chi connectivity index (χ4n) is 1.94. The van der Waals surface area contributed by atoms with Gasteiger partial charge in [0.25, 0.3) is 5.91 Å². The first-order valence-electron chi connectivity index (χ1n) is 6.86. The van der Waals surface area contributed by atoms with E-state index in [9.17, 15) is 4.79 Å². The molecular weight excluding hydrogens is 330 g/mol. The Morgan fingerprint density at radius 3 is 2.71 bits per heavy atom. The summed E-state index contributed by atoms with van der Waals surface area (Å²) >= 11 is 3.46. The molecule has 3 nitrogen and oxygen atoms in total. The molecule has 2 aromatic carbocycles. The molecule has 1 amide bonds. The predicted molar refractivity (Wildman–Crippen MR) is 88.8 cm³/mol. The van der Waals surface area contributed by atoms with Gasteiger partial charge in [-0.1, -0.05) is 25.1 Å². The molecule has 1 N–H and O–H groups in total. The van der Waals surface area contributed by atoms with Crippen molar-refractivity contribution in [3.8, 4) is 5.75 Å². The fourth-order valence-corrected chi connectivity index (χ4v) is 2.49. The highest BCUT2D eigenvalue weighted by molar-refractivity contribution is 9.10. The molecule has 110 valence electrons. The summed E-state index contributed by atoms with van der Waals surface area (Å²) in [6, 6.07) is 13.6. The molecule has 4 heteroatoms. The highest BCUT2D eigenvalue weighted by atomic mass is 79.9. The predicted octanol–water partition coefficient (Wildman–Crippen LogP) is 4.34. The number of halogens is 1. The minimum atomic E-state index is -0.174. The summed E-state index contributed by atoms with van der Waals surface area (Å²) in [6.45, 7) is 4.06. The number of rotatable bonds is 5. The fraction of sp³-hybridized carbons (Fsp3) is 0.235. The summed E-state index contributed by atoms with van der Waals surface area (Å²) in [7, 11) is 0. The Morgan fingerprint density at radius 1 is 1.24 bits per heavy atom. The van der Waals surface area contributed by atoms with Gasteiger partial charge in [-0.25, -0.2) is 0 Å². The number of ether oxygens (including phenoxy) is 1. The number of aryl methyl sites for hydroxylation is 2. The van der Waals surface area contributed by atoms with Crippen LogP contribution in [0.2, 0.25) is 0 Å². The number of amides is 1. The Hall–Kier alpha value is -1.81. The van der Waals surface area contributed by atoms with Crippen LogP contribution in [0.25, 0.3) is 0 Å². The van der Waals surface area contributed by atoms with Crippen molar-refractivity contribution in [1.29, 1.82) is 0 Å². The minimum Gasteiger partial charge on any atom is -0.483 e. The third kappa shape index (κ3) is 4.60. The molecule has 0 radical (unpaired) electrons. The van der Waals surface area contributed by atoms with E-state index in [1.807, 2.05) is 49.4 Å². The maximum atomic E-state index is 11.9. The van der Waals surface area contributed by atoms with Gasteiger partial charge in [-0.2, -0.15) is 0 Å². The highest BCUT2D eigenvalue weighted by Gasteiger charge is 2.07. The number of carbonyl (C=O) groups is 1. The first-order valence-corrected chi connectivity index (χ1v) is 7.65. The molecule has 0 spiro atoms. The van der Waals surface area contributed by atoms with Crippen molar-refractivity contribution in [1.82, 2.24) is 0 Å². The molecule has 0 bridgehead atoms. The molecule has 0 unspecified atom stereocenters. The molecule has 0 heterocycles. The van der Waals surface area contributed by atoms with E-state index in [1.165, 1.54) is 5.56 Å². The molecule has 0 saturated carbocycles. The standard InChI is InChI=1S/C17H18BrNO2/c1-3-13-7-8-16(15(18)10-13)21-11-17(20)19-14-6-4-5-12(2)9-14/h4-10H,3,11H2,1-2H3,(H,19,20). The van der Waals surface area contributed by atoms with E-state index >= 15 is 0 Å². The lowest BCUT2D eigenvalue weighted by molar-refractivity contribution is -0.118. The molecular formula is C17H18BrNO2. The van der Waals surface area contributed by atoms with Crippen LogP contribution in [0, 0.1) is 6.92 Å². The summed E-state index contributed by atoms with van der Waals surface area (Å²) in [5, 5.41) is 2.82. The summed E-state index contributed by atoms with van der Waals surface area (Å²) in [5.41, 5.74) is 3.11. The van der Waals surface area contributed by atoms with Crippen molar-refractivity contribution in [3.63, 3.8) is 0 Å². The number of benzene rings is 2. The molecule has 21 heavy (non-hydrogen) atoms. The molecule has 0 aliphatic carbocycles. The minimum absolute atomic E-state index is 0.0159. The van der Waals surface area contributed by atoms with Crippen LogP contribution < -0.4 is 10.1 Å². The van der Waals surface area contributed by atoms with Gasteiger partial charge >= 0.3 is 0 Å².